The third-order valence-corrected chi connectivity index (χ3v) is 1.17. The minimum Gasteiger partial charge on any atom is -1.00 e. The van der Waals surface area contributed by atoms with Crippen molar-refractivity contribution in [2.24, 2.45) is 0 Å². The van der Waals surface area contributed by atoms with Gasteiger partial charge in [-0.2, -0.15) is 12.2 Å². The minimum absolute atomic E-state index is 0. The van der Waals surface area contributed by atoms with E-state index < -0.39 is 0 Å². The van der Waals surface area contributed by atoms with Gasteiger partial charge in [-0.25, -0.2) is 24.3 Å². The molecule has 0 spiro atoms. The largest absolute Gasteiger partial charge is 4.00 e. The summed E-state index contributed by atoms with van der Waals surface area (Å²) in [6.45, 7) is 0. The molecule has 0 fully saturated rings. The van der Waals surface area contributed by atoms with Crippen LogP contribution in [0.25, 0.3) is 0 Å². The van der Waals surface area contributed by atoms with E-state index in [1.54, 1.807) is 0 Å². The zero-order chi connectivity index (χ0) is 7.07. The molecule has 0 N–H and O–H groups in total. The summed E-state index contributed by atoms with van der Waals surface area (Å²) in [5.74, 6) is 0. The summed E-state index contributed by atoms with van der Waals surface area (Å²) >= 11 is 0. The summed E-state index contributed by atoms with van der Waals surface area (Å²) in [7, 11) is 0. The second-order valence-corrected chi connectivity index (χ2v) is 2.01. The molecule has 0 saturated carbocycles. The second kappa shape index (κ2) is 14.9. The van der Waals surface area contributed by atoms with Gasteiger partial charge < -0.3 is 24.8 Å². The van der Waals surface area contributed by atoms with E-state index in [9.17, 15) is 0 Å². The van der Waals surface area contributed by atoms with Crippen molar-refractivity contribution in [3.05, 3.63) is 48.6 Å². The molecule has 0 aromatic rings. The van der Waals surface area contributed by atoms with Gasteiger partial charge in [0.2, 0.25) is 0 Å². The molecular formula is C10H10Cl2Hf. The first-order valence-corrected chi connectivity index (χ1v) is 3.43. The van der Waals surface area contributed by atoms with E-state index in [0.717, 1.165) is 12.8 Å². The Bertz CT molecular complexity index is 151. The third kappa shape index (κ3) is 12.4. The van der Waals surface area contributed by atoms with Crippen LogP contribution in [0.15, 0.2) is 36.5 Å². The Kier molecular flexibility index (Phi) is 21.9. The third-order valence-electron chi connectivity index (χ3n) is 1.17. The molecule has 13 heavy (non-hydrogen) atoms. The zero-order valence-electron chi connectivity index (χ0n) is 7.13. The molecule has 0 aromatic heterocycles. The van der Waals surface area contributed by atoms with Gasteiger partial charge in [-0.05, 0) is 0 Å². The van der Waals surface area contributed by atoms with Crippen molar-refractivity contribution < 1.29 is 50.7 Å². The van der Waals surface area contributed by atoms with Crippen LogP contribution in [0.2, 0.25) is 0 Å². The van der Waals surface area contributed by atoms with Gasteiger partial charge >= 0.3 is 25.8 Å². The maximum absolute atomic E-state index is 2.99. The average Bonchev–Trinajstić information content (AvgIpc) is 2.67. The fraction of sp³-hybridized carbons (Fsp3) is 0.200. The van der Waals surface area contributed by atoms with Gasteiger partial charge in [0, 0.05) is 0 Å². The maximum Gasteiger partial charge on any atom is 4.00 e. The number of hydrogen-bond donors (Lipinski definition) is 0. The topological polar surface area (TPSA) is 0 Å². The normalized spacial score (nSPS) is 13.5. The van der Waals surface area contributed by atoms with Gasteiger partial charge in [0.05, 0.1) is 0 Å². The Morgan fingerprint density at radius 1 is 0.769 bits per heavy atom. The fourth-order valence-corrected chi connectivity index (χ4v) is 0.680. The summed E-state index contributed by atoms with van der Waals surface area (Å²) in [6.07, 6.45) is 20.0. The summed E-state index contributed by atoms with van der Waals surface area (Å²) in [4.78, 5) is 0. The smallest absolute Gasteiger partial charge is 1.00 e. The molecule has 0 unspecified atom stereocenters. The van der Waals surface area contributed by atoms with Crippen LogP contribution in [0, 0.1) is 12.2 Å². The molecule has 0 saturated heterocycles. The first-order chi connectivity index (χ1) is 5.00. The van der Waals surface area contributed by atoms with E-state index >= 15 is 0 Å². The molecule has 2 rings (SSSR count). The maximum atomic E-state index is 2.99. The van der Waals surface area contributed by atoms with E-state index in [-0.39, 0.29) is 50.7 Å². The Labute approximate surface area is 111 Å². The van der Waals surface area contributed by atoms with Crippen LogP contribution in [0.5, 0.6) is 0 Å². The summed E-state index contributed by atoms with van der Waals surface area (Å²) in [6, 6.07) is 0. The monoisotopic (exact) mass is 380 g/mol. The standard InChI is InChI=1S/2C5H5.2ClH.Hf/c2*1-2-4-5-3-1;;;/h2*1-3H,4H2;2*1H;/q2*-1;;;+4/p-2. The zero-order valence-corrected chi connectivity index (χ0v) is 12.2. The predicted octanol–water partition coefficient (Wildman–Crippen LogP) is -3.38. The van der Waals surface area contributed by atoms with Crippen LogP contribution in [0.4, 0.5) is 0 Å². The first-order valence-electron chi connectivity index (χ1n) is 3.43. The summed E-state index contributed by atoms with van der Waals surface area (Å²) < 4.78 is 0. The van der Waals surface area contributed by atoms with Gasteiger partial charge in [0.1, 0.15) is 0 Å². The van der Waals surface area contributed by atoms with Crippen molar-refractivity contribution in [1.29, 1.82) is 0 Å². The Hall–Kier alpha value is 0.410. The SMILES string of the molecule is [C-]1=CC=CC1.[C-]1=CC=CC1.[Cl-].[Cl-].[Hf+4]. The van der Waals surface area contributed by atoms with Crippen LogP contribution in [0.1, 0.15) is 12.8 Å². The van der Waals surface area contributed by atoms with Crippen LogP contribution in [-0.2, 0) is 25.8 Å². The quantitative estimate of drug-likeness (QED) is 0.304. The number of rotatable bonds is 0. The van der Waals surface area contributed by atoms with Crippen molar-refractivity contribution in [3.63, 3.8) is 0 Å². The predicted molar refractivity (Wildman–Crippen MR) is 43.1 cm³/mol. The van der Waals surface area contributed by atoms with E-state index in [4.69, 9.17) is 0 Å². The van der Waals surface area contributed by atoms with Crippen LogP contribution in [0.3, 0.4) is 0 Å². The van der Waals surface area contributed by atoms with Crippen molar-refractivity contribution in [2.45, 2.75) is 12.8 Å². The molecule has 0 bridgehead atoms. The van der Waals surface area contributed by atoms with Gasteiger partial charge in [-0.1, -0.05) is 0 Å². The van der Waals surface area contributed by atoms with Crippen LogP contribution < -0.4 is 24.8 Å². The minimum atomic E-state index is 0. The van der Waals surface area contributed by atoms with Crippen molar-refractivity contribution in [1.82, 2.24) is 0 Å². The second-order valence-electron chi connectivity index (χ2n) is 2.01. The molecule has 0 aromatic carbocycles. The molecule has 0 aliphatic heterocycles. The Morgan fingerprint density at radius 2 is 1.15 bits per heavy atom. The van der Waals surface area contributed by atoms with Gasteiger partial charge in [-0.3, -0.25) is 12.2 Å². The molecule has 0 nitrogen and oxygen atoms in total. The molecule has 0 heterocycles. The van der Waals surface area contributed by atoms with E-state index in [2.05, 4.69) is 24.3 Å². The summed E-state index contributed by atoms with van der Waals surface area (Å²) in [5.41, 5.74) is 0. The first kappa shape index (κ1) is 19.1. The Morgan fingerprint density at radius 3 is 1.23 bits per heavy atom. The van der Waals surface area contributed by atoms with Gasteiger partial charge in [-0.15, -0.1) is 12.8 Å². The molecular weight excluding hydrogens is 370 g/mol. The fourth-order valence-electron chi connectivity index (χ4n) is 0.680. The van der Waals surface area contributed by atoms with Crippen LogP contribution in [-0.4, -0.2) is 0 Å². The number of halogens is 2. The molecule has 0 amide bonds. The van der Waals surface area contributed by atoms with E-state index in [1.807, 2.05) is 24.3 Å². The molecule has 68 valence electrons. The van der Waals surface area contributed by atoms with Crippen molar-refractivity contribution >= 4 is 0 Å². The average molecular weight is 380 g/mol. The van der Waals surface area contributed by atoms with Gasteiger partial charge in [0.25, 0.3) is 0 Å². The number of hydrogen-bond acceptors (Lipinski definition) is 0. The molecule has 0 radical (unpaired) electrons. The Balaban J connectivity index is -0.000000125. The molecule has 0 atom stereocenters. The molecule has 2 aliphatic carbocycles. The van der Waals surface area contributed by atoms with Gasteiger partial charge in [0.15, 0.2) is 0 Å². The number of allylic oxidation sites excluding steroid dienone is 8. The summed E-state index contributed by atoms with van der Waals surface area (Å²) in [5, 5.41) is 0. The van der Waals surface area contributed by atoms with E-state index in [1.165, 1.54) is 0 Å². The molecule has 3 heteroatoms. The van der Waals surface area contributed by atoms with Crippen molar-refractivity contribution in [3.8, 4) is 0 Å². The van der Waals surface area contributed by atoms with Crippen molar-refractivity contribution in [2.75, 3.05) is 0 Å². The van der Waals surface area contributed by atoms with Crippen LogP contribution >= 0.6 is 0 Å². The van der Waals surface area contributed by atoms with E-state index in [0.29, 0.717) is 0 Å². The molecule has 2 aliphatic rings.